The minimum Gasteiger partial charge on any atom is -0.346 e. The van der Waals surface area contributed by atoms with E-state index < -0.39 is 5.41 Å². The molecule has 0 rings (SSSR count). The smallest absolute Gasteiger partial charge is 0.223 e. The first-order valence-corrected chi connectivity index (χ1v) is 6.40. The molecule has 0 fully saturated rings. The highest BCUT2D eigenvalue weighted by atomic mass is 16.2. The summed E-state index contributed by atoms with van der Waals surface area (Å²) in [6.07, 6.45) is 0.703. The van der Waals surface area contributed by atoms with Gasteiger partial charge in [0.2, 0.25) is 5.91 Å². The fraction of sp³-hybridized carbons (Fsp3) is 0.857. The largest absolute Gasteiger partial charge is 0.346 e. The van der Waals surface area contributed by atoms with Crippen LogP contribution < -0.4 is 5.32 Å². The molecule has 0 aromatic rings. The van der Waals surface area contributed by atoms with Crippen LogP contribution in [0.4, 0.5) is 0 Å². The number of Topliss-reactive ketones (excluding diaryl/α,β-unsaturated/α-hetero) is 1. The van der Waals surface area contributed by atoms with E-state index in [9.17, 15) is 9.59 Å². The molecule has 17 heavy (non-hydrogen) atoms. The molecule has 0 aromatic heterocycles. The van der Waals surface area contributed by atoms with Crippen molar-refractivity contribution in [1.82, 2.24) is 5.32 Å². The van der Waals surface area contributed by atoms with Gasteiger partial charge in [-0.1, -0.05) is 48.5 Å². The standard InChI is InChI=1S/C14H27NO2/c1-9(2)8-11(12(16)14(5,6)7)15-13(17)10(3)4/h9-11H,8H2,1-7H3,(H,15,17)/t11-/m1/s1. The van der Waals surface area contributed by atoms with Gasteiger partial charge < -0.3 is 5.32 Å². The topological polar surface area (TPSA) is 46.2 Å². The Bertz CT molecular complexity index is 274. The van der Waals surface area contributed by atoms with Gasteiger partial charge in [-0.2, -0.15) is 0 Å². The van der Waals surface area contributed by atoms with E-state index in [4.69, 9.17) is 0 Å². The molecule has 0 aliphatic carbocycles. The molecule has 0 radical (unpaired) electrons. The van der Waals surface area contributed by atoms with Crippen LogP contribution in [0.25, 0.3) is 0 Å². The third-order valence-corrected chi connectivity index (χ3v) is 2.60. The maximum atomic E-state index is 12.2. The lowest BCUT2D eigenvalue weighted by Gasteiger charge is -2.27. The molecule has 0 unspecified atom stereocenters. The number of carbonyl (C=O) groups is 2. The monoisotopic (exact) mass is 241 g/mol. The van der Waals surface area contributed by atoms with Crippen LogP contribution in [0, 0.1) is 17.3 Å². The first-order chi connectivity index (χ1) is 7.55. The van der Waals surface area contributed by atoms with Crippen molar-refractivity contribution in [3.05, 3.63) is 0 Å². The van der Waals surface area contributed by atoms with Crippen LogP contribution in [-0.2, 0) is 9.59 Å². The summed E-state index contributed by atoms with van der Waals surface area (Å²) in [6, 6.07) is -0.357. The molecule has 0 heterocycles. The van der Waals surface area contributed by atoms with Crippen LogP contribution >= 0.6 is 0 Å². The van der Waals surface area contributed by atoms with Crippen LogP contribution in [0.1, 0.15) is 54.9 Å². The van der Waals surface area contributed by atoms with Gasteiger partial charge in [0.05, 0.1) is 6.04 Å². The van der Waals surface area contributed by atoms with Gasteiger partial charge in [0, 0.05) is 11.3 Å². The average Bonchev–Trinajstić information content (AvgIpc) is 2.13. The normalized spacial score (nSPS) is 13.9. The molecular formula is C14H27NO2. The van der Waals surface area contributed by atoms with E-state index in [0.717, 1.165) is 0 Å². The first-order valence-electron chi connectivity index (χ1n) is 6.40. The maximum Gasteiger partial charge on any atom is 0.223 e. The summed E-state index contributed by atoms with van der Waals surface area (Å²) in [5.41, 5.74) is -0.413. The summed E-state index contributed by atoms with van der Waals surface area (Å²) < 4.78 is 0. The molecule has 0 saturated heterocycles. The minimum atomic E-state index is -0.413. The van der Waals surface area contributed by atoms with Crippen molar-refractivity contribution in [2.45, 2.75) is 60.9 Å². The van der Waals surface area contributed by atoms with Gasteiger partial charge in [-0.25, -0.2) is 0 Å². The predicted octanol–water partition coefficient (Wildman–Crippen LogP) is 2.79. The third kappa shape index (κ3) is 5.85. The highest BCUT2D eigenvalue weighted by Crippen LogP contribution is 2.20. The Hall–Kier alpha value is -0.860. The molecule has 0 aromatic carbocycles. The van der Waals surface area contributed by atoms with E-state index >= 15 is 0 Å². The lowest BCUT2D eigenvalue weighted by Crippen LogP contribution is -2.47. The maximum absolute atomic E-state index is 12.2. The summed E-state index contributed by atoms with van der Waals surface area (Å²) in [5, 5.41) is 2.87. The SMILES string of the molecule is CC(C)C[C@@H](NC(=O)C(C)C)C(=O)C(C)(C)C. The van der Waals surface area contributed by atoms with E-state index in [1.165, 1.54) is 0 Å². The van der Waals surface area contributed by atoms with Gasteiger partial charge in [0.25, 0.3) is 0 Å². The highest BCUT2D eigenvalue weighted by molar-refractivity contribution is 5.92. The summed E-state index contributed by atoms with van der Waals surface area (Å²) >= 11 is 0. The second-order valence-electron chi connectivity index (χ2n) is 6.46. The van der Waals surface area contributed by atoms with Gasteiger partial charge >= 0.3 is 0 Å². The fourth-order valence-corrected chi connectivity index (χ4v) is 1.56. The van der Waals surface area contributed by atoms with Crippen LogP contribution in [0.15, 0.2) is 0 Å². The van der Waals surface area contributed by atoms with Crippen molar-refractivity contribution < 1.29 is 9.59 Å². The molecule has 3 nitrogen and oxygen atoms in total. The lowest BCUT2D eigenvalue weighted by molar-refractivity contribution is -0.133. The summed E-state index contributed by atoms with van der Waals surface area (Å²) in [4.78, 5) is 23.9. The predicted molar refractivity (Wildman–Crippen MR) is 70.7 cm³/mol. The fourth-order valence-electron chi connectivity index (χ4n) is 1.56. The zero-order valence-corrected chi connectivity index (χ0v) is 12.3. The molecule has 0 bridgehead atoms. The molecule has 0 aliphatic heterocycles. The molecular weight excluding hydrogens is 214 g/mol. The van der Waals surface area contributed by atoms with Gasteiger partial charge in [-0.15, -0.1) is 0 Å². The Kier molecular flexibility index (Phi) is 5.86. The van der Waals surface area contributed by atoms with E-state index in [1.54, 1.807) is 0 Å². The van der Waals surface area contributed by atoms with Crippen molar-refractivity contribution in [3.63, 3.8) is 0 Å². The van der Waals surface area contributed by atoms with Gasteiger partial charge in [-0.05, 0) is 12.3 Å². The van der Waals surface area contributed by atoms with Gasteiger partial charge in [-0.3, -0.25) is 9.59 Å². The van der Waals surface area contributed by atoms with Crippen molar-refractivity contribution in [3.8, 4) is 0 Å². The van der Waals surface area contributed by atoms with Crippen molar-refractivity contribution in [1.29, 1.82) is 0 Å². The summed E-state index contributed by atoms with van der Waals surface area (Å²) in [7, 11) is 0. The Morgan fingerprint density at radius 2 is 1.53 bits per heavy atom. The van der Waals surface area contributed by atoms with Crippen molar-refractivity contribution in [2.75, 3.05) is 0 Å². The number of rotatable bonds is 5. The zero-order chi connectivity index (χ0) is 13.8. The average molecular weight is 241 g/mol. The minimum absolute atomic E-state index is 0.0479. The number of hydrogen-bond donors (Lipinski definition) is 1. The second kappa shape index (κ2) is 6.18. The van der Waals surface area contributed by atoms with Crippen molar-refractivity contribution in [2.24, 2.45) is 17.3 Å². The molecule has 1 N–H and O–H groups in total. The van der Waals surface area contributed by atoms with Crippen LogP contribution in [0.3, 0.4) is 0 Å². The third-order valence-electron chi connectivity index (χ3n) is 2.60. The van der Waals surface area contributed by atoms with Crippen LogP contribution in [0.5, 0.6) is 0 Å². The quantitative estimate of drug-likeness (QED) is 0.804. The Morgan fingerprint density at radius 1 is 1.06 bits per heavy atom. The number of carbonyl (C=O) groups excluding carboxylic acids is 2. The molecule has 1 atom stereocenters. The second-order valence-corrected chi connectivity index (χ2v) is 6.46. The Labute approximate surface area is 105 Å². The van der Waals surface area contributed by atoms with E-state index in [1.807, 2.05) is 34.6 Å². The number of amides is 1. The zero-order valence-electron chi connectivity index (χ0n) is 12.3. The molecule has 1 amide bonds. The Balaban J connectivity index is 4.77. The Morgan fingerprint density at radius 3 is 1.82 bits per heavy atom. The first kappa shape index (κ1) is 16.1. The van der Waals surface area contributed by atoms with E-state index in [2.05, 4.69) is 19.2 Å². The molecule has 100 valence electrons. The summed E-state index contributed by atoms with van der Waals surface area (Å²) in [5.74, 6) is 0.365. The van der Waals surface area contributed by atoms with Crippen LogP contribution in [-0.4, -0.2) is 17.7 Å². The molecule has 0 saturated carbocycles. The number of hydrogen-bond acceptors (Lipinski definition) is 2. The van der Waals surface area contributed by atoms with E-state index in [-0.39, 0.29) is 23.7 Å². The number of ketones is 1. The highest BCUT2D eigenvalue weighted by Gasteiger charge is 2.31. The van der Waals surface area contributed by atoms with Crippen LogP contribution in [0.2, 0.25) is 0 Å². The number of nitrogens with one attached hydrogen (secondary N) is 1. The van der Waals surface area contributed by atoms with E-state index in [0.29, 0.717) is 12.3 Å². The molecule has 0 spiro atoms. The van der Waals surface area contributed by atoms with Gasteiger partial charge in [0.15, 0.2) is 5.78 Å². The molecule has 0 aliphatic rings. The molecule has 3 heteroatoms. The lowest BCUT2D eigenvalue weighted by atomic mass is 9.83. The van der Waals surface area contributed by atoms with Gasteiger partial charge in [0.1, 0.15) is 0 Å². The summed E-state index contributed by atoms with van der Waals surface area (Å²) in [6.45, 7) is 13.5. The van der Waals surface area contributed by atoms with Crippen molar-refractivity contribution >= 4 is 11.7 Å².